The minimum Gasteiger partial charge on any atom is -0.272 e. The molecule has 8 nitrogen and oxygen atoms in total. The first-order valence-corrected chi connectivity index (χ1v) is 10.3. The summed E-state index contributed by atoms with van der Waals surface area (Å²) in [6.45, 7) is 0.693. The molecule has 0 amide bonds. The predicted molar refractivity (Wildman–Crippen MR) is 104 cm³/mol. The number of benzene rings is 2. The van der Waals surface area contributed by atoms with Crippen molar-refractivity contribution in [2.75, 3.05) is 18.5 Å². The standard InChI is InChI=1S/C18H17F3N4O4S/c19-18(20,21)15-6-2-1-5-13(15)12-22-23-16-8-7-14(11-17(16)25(26)27)30(28,29)24-9-3-4-10-24/h1-2,5-8,11-12,23H,3-4,9-10H2/b22-12-. The van der Waals surface area contributed by atoms with Gasteiger partial charge >= 0.3 is 6.18 Å². The van der Waals surface area contributed by atoms with Gasteiger partial charge in [0, 0.05) is 24.7 Å². The van der Waals surface area contributed by atoms with Gasteiger partial charge in [0.1, 0.15) is 5.69 Å². The van der Waals surface area contributed by atoms with Gasteiger partial charge in [-0.1, -0.05) is 18.2 Å². The molecule has 0 bridgehead atoms. The highest BCUT2D eigenvalue weighted by Crippen LogP contribution is 2.32. The Balaban J connectivity index is 1.87. The van der Waals surface area contributed by atoms with Gasteiger partial charge in [0.2, 0.25) is 10.0 Å². The van der Waals surface area contributed by atoms with E-state index in [1.165, 1.54) is 28.6 Å². The summed E-state index contributed by atoms with van der Waals surface area (Å²) in [5, 5.41) is 15.1. The Hall–Kier alpha value is -2.99. The number of nitrogens with one attached hydrogen (secondary N) is 1. The van der Waals surface area contributed by atoms with Gasteiger partial charge in [-0.3, -0.25) is 15.5 Å². The van der Waals surface area contributed by atoms with Gasteiger partial charge in [-0.05, 0) is 31.0 Å². The molecule has 1 fully saturated rings. The Labute approximate surface area is 170 Å². The second-order valence-electron chi connectivity index (χ2n) is 6.50. The Morgan fingerprint density at radius 2 is 1.80 bits per heavy atom. The third-order valence-corrected chi connectivity index (χ3v) is 6.42. The topological polar surface area (TPSA) is 105 Å². The Morgan fingerprint density at radius 1 is 1.13 bits per heavy atom. The van der Waals surface area contributed by atoms with Gasteiger partial charge in [0.05, 0.1) is 21.6 Å². The van der Waals surface area contributed by atoms with Crippen LogP contribution < -0.4 is 5.43 Å². The molecule has 2 aromatic carbocycles. The molecule has 0 atom stereocenters. The molecule has 0 radical (unpaired) electrons. The first-order valence-electron chi connectivity index (χ1n) is 8.84. The summed E-state index contributed by atoms with van der Waals surface area (Å²) in [6, 6.07) is 8.00. The molecular weight excluding hydrogens is 425 g/mol. The zero-order valence-corrected chi connectivity index (χ0v) is 16.3. The fourth-order valence-electron chi connectivity index (χ4n) is 3.03. The third-order valence-electron chi connectivity index (χ3n) is 4.52. The van der Waals surface area contributed by atoms with Gasteiger partial charge in [0.15, 0.2) is 0 Å². The molecule has 1 heterocycles. The number of sulfonamides is 1. The van der Waals surface area contributed by atoms with E-state index in [9.17, 15) is 31.7 Å². The first-order chi connectivity index (χ1) is 14.1. The second-order valence-corrected chi connectivity index (χ2v) is 8.44. The first kappa shape index (κ1) is 21.7. The molecule has 12 heteroatoms. The van der Waals surface area contributed by atoms with Crippen molar-refractivity contribution in [1.82, 2.24) is 4.31 Å². The van der Waals surface area contributed by atoms with Gasteiger partial charge in [0.25, 0.3) is 5.69 Å². The number of nitro benzene ring substituents is 1. The average Bonchev–Trinajstić information content (AvgIpc) is 3.23. The fraction of sp³-hybridized carbons (Fsp3) is 0.278. The predicted octanol–water partition coefficient (Wildman–Crippen LogP) is 3.84. The van der Waals surface area contributed by atoms with Crippen LogP contribution in [0.2, 0.25) is 0 Å². The van der Waals surface area contributed by atoms with Crippen LogP contribution in [-0.2, 0) is 16.2 Å². The zero-order valence-electron chi connectivity index (χ0n) is 15.5. The molecule has 1 saturated heterocycles. The van der Waals surface area contributed by atoms with Crippen LogP contribution in [0.25, 0.3) is 0 Å². The van der Waals surface area contributed by atoms with Crippen molar-refractivity contribution >= 4 is 27.6 Å². The van der Waals surface area contributed by atoms with Crippen molar-refractivity contribution in [3.05, 3.63) is 63.7 Å². The highest BCUT2D eigenvalue weighted by molar-refractivity contribution is 7.89. The summed E-state index contributed by atoms with van der Waals surface area (Å²) >= 11 is 0. The molecule has 1 aliphatic heterocycles. The van der Waals surface area contributed by atoms with E-state index in [4.69, 9.17) is 0 Å². The van der Waals surface area contributed by atoms with E-state index in [-0.39, 0.29) is 16.1 Å². The molecule has 0 saturated carbocycles. The average molecular weight is 442 g/mol. The normalized spacial score (nSPS) is 15.6. The smallest absolute Gasteiger partial charge is 0.272 e. The van der Waals surface area contributed by atoms with Crippen molar-refractivity contribution in [3.8, 4) is 0 Å². The monoisotopic (exact) mass is 442 g/mol. The molecule has 0 aliphatic carbocycles. The van der Waals surface area contributed by atoms with Gasteiger partial charge in [-0.2, -0.15) is 22.6 Å². The van der Waals surface area contributed by atoms with Crippen LogP contribution in [-0.4, -0.2) is 37.0 Å². The van der Waals surface area contributed by atoms with Gasteiger partial charge in [-0.25, -0.2) is 8.42 Å². The van der Waals surface area contributed by atoms with Crippen LogP contribution in [0.4, 0.5) is 24.5 Å². The third kappa shape index (κ3) is 4.60. The maximum Gasteiger partial charge on any atom is 0.417 e. The van der Waals surface area contributed by atoms with Crippen molar-refractivity contribution in [1.29, 1.82) is 0 Å². The number of hydrazone groups is 1. The summed E-state index contributed by atoms with van der Waals surface area (Å²) in [6.07, 6.45) is -2.26. The molecule has 0 spiro atoms. The lowest BCUT2D eigenvalue weighted by Gasteiger charge is -2.15. The Bertz CT molecular complexity index is 1080. The molecule has 0 aromatic heterocycles. The molecular formula is C18H17F3N4O4S. The molecule has 160 valence electrons. The number of nitro groups is 1. The van der Waals surface area contributed by atoms with E-state index >= 15 is 0 Å². The highest BCUT2D eigenvalue weighted by atomic mass is 32.2. The van der Waals surface area contributed by atoms with E-state index in [1.807, 2.05) is 0 Å². The number of anilines is 1. The lowest BCUT2D eigenvalue weighted by Crippen LogP contribution is -2.27. The number of rotatable bonds is 6. The van der Waals surface area contributed by atoms with Crippen LogP contribution in [0.15, 0.2) is 52.5 Å². The van der Waals surface area contributed by atoms with Crippen LogP contribution in [0.1, 0.15) is 24.0 Å². The van der Waals surface area contributed by atoms with Crippen molar-refractivity contribution in [2.24, 2.45) is 5.10 Å². The molecule has 0 unspecified atom stereocenters. The summed E-state index contributed by atoms with van der Waals surface area (Å²) in [5.41, 5.74) is 0.478. The maximum absolute atomic E-state index is 13.0. The van der Waals surface area contributed by atoms with Crippen molar-refractivity contribution < 1.29 is 26.5 Å². The van der Waals surface area contributed by atoms with E-state index in [2.05, 4.69) is 10.5 Å². The van der Waals surface area contributed by atoms with E-state index in [0.717, 1.165) is 37.3 Å². The lowest BCUT2D eigenvalue weighted by atomic mass is 10.1. The Kier molecular flexibility index (Phi) is 6.08. The molecule has 1 N–H and O–H groups in total. The minimum absolute atomic E-state index is 0.152. The van der Waals surface area contributed by atoms with E-state index in [0.29, 0.717) is 13.1 Å². The quantitative estimate of drug-likeness (QED) is 0.416. The second kappa shape index (κ2) is 8.40. The number of halogens is 3. The number of hydrogen-bond donors (Lipinski definition) is 1. The van der Waals surface area contributed by atoms with Gasteiger partial charge in [-0.15, -0.1) is 0 Å². The number of alkyl halides is 3. The van der Waals surface area contributed by atoms with E-state index in [1.54, 1.807) is 0 Å². The van der Waals surface area contributed by atoms with Crippen molar-refractivity contribution in [2.45, 2.75) is 23.9 Å². The van der Waals surface area contributed by atoms with Gasteiger partial charge < -0.3 is 0 Å². The molecule has 30 heavy (non-hydrogen) atoms. The summed E-state index contributed by atoms with van der Waals surface area (Å²) in [7, 11) is -3.86. The van der Waals surface area contributed by atoms with Crippen LogP contribution in [0.5, 0.6) is 0 Å². The molecule has 1 aliphatic rings. The number of hydrogen-bond acceptors (Lipinski definition) is 6. The SMILES string of the molecule is O=[N+]([O-])c1cc(S(=O)(=O)N2CCCC2)ccc1N/N=C\c1ccccc1C(F)(F)F. The van der Waals surface area contributed by atoms with Crippen molar-refractivity contribution in [3.63, 3.8) is 0 Å². The van der Waals surface area contributed by atoms with Crippen LogP contribution >= 0.6 is 0 Å². The highest BCUT2D eigenvalue weighted by Gasteiger charge is 2.32. The largest absolute Gasteiger partial charge is 0.417 e. The molecule has 2 aromatic rings. The Morgan fingerprint density at radius 3 is 2.43 bits per heavy atom. The molecule has 3 rings (SSSR count). The summed E-state index contributed by atoms with van der Waals surface area (Å²) in [5.74, 6) is 0. The fourth-order valence-corrected chi connectivity index (χ4v) is 4.57. The van der Waals surface area contributed by atoms with Crippen LogP contribution in [0, 0.1) is 10.1 Å². The summed E-state index contributed by atoms with van der Waals surface area (Å²) < 4.78 is 65.5. The number of nitrogens with zero attached hydrogens (tertiary/aromatic N) is 3. The van der Waals surface area contributed by atoms with Crippen LogP contribution in [0.3, 0.4) is 0 Å². The maximum atomic E-state index is 13.0. The van der Waals surface area contributed by atoms with E-state index < -0.39 is 32.4 Å². The minimum atomic E-state index is -4.58. The lowest BCUT2D eigenvalue weighted by molar-refractivity contribution is -0.384. The summed E-state index contributed by atoms with van der Waals surface area (Å²) in [4.78, 5) is 10.4. The zero-order chi connectivity index (χ0) is 21.9.